The van der Waals surface area contributed by atoms with Crippen molar-refractivity contribution >= 4 is 10.0 Å². The van der Waals surface area contributed by atoms with Crippen LogP contribution in [0.5, 0.6) is 5.75 Å². The average molecular weight is 430 g/mol. The summed E-state index contributed by atoms with van der Waals surface area (Å²) in [5, 5.41) is 12.7. The van der Waals surface area contributed by atoms with E-state index < -0.39 is 16.1 Å². The molecule has 8 heteroatoms. The van der Waals surface area contributed by atoms with Gasteiger partial charge in [0.1, 0.15) is 16.7 Å². The zero-order valence-corrected chi connectivity index (χ0v) is 18.2. The molecule has 1 aromatic carbocycles. The Morgan fingerprint density at radius 3 is 2.63 bits per heavy atom. The van der Waals surface area contributed by atoms with Crippen LogP contribution < -0.4 is 10.1 Å². The lowest BCUT2D eigenvalue weighted by atomic mass is 10.0. The van der Waals surface area contributed by atoms with Crippen LogP contribution in [0.1, 0.15) is 25.0 Å². The quantitative estimate of drug-likeness (QED) is 0.716. The summed E-state index contributed by atoms with van der Waals surface area (Å²) in [5.74, 6) is 6.30. The normalized spacial score (nSPS) is 21.9. The van der Waals surface area contributed by atoms with E-state index >= 15 is 0 Å². The molecule has 160 valence electrons. The number of pyridine rings is 1. The van der Waals surface area contributed by atoms with Crippen molar-refractivity contribution in [2.75, 3.05) is 26.7 Å². The maximum atomic E-state index is 13.4. The van der Waals surface area contributed by atoms with Crippen molar-refractivity contribution in [1.82, 2.24) is 14.6 Å². The van der Waals surface area contributed by atoms with E-state index in [2.05, 4.69) is 22.1 Å². The van der Waals surface area contributed by atoms with Gasteiger partial charge in [0.15, 0.2) is 0 Å². The molecule has 3 atom stereocenters. The van der Waals surface area contributed by atoms with Gasteiger partial charge in [-0.1, -0.05) is 18.8 Å². The minimum atomic E-state index is -3.84. The number of aliphatic hydroxyl groups is 1. The van der Waals surface area contributed by atoms with Crippen molar-refractivity contribution in [1.29, 1.82) is 0 Å². The van der Waals surface area contributed by atoms with Gasteiger partial charge in [-0.15, -0.1) is 0 Å². The molecule has 3 rings (SSSR count). The SMILES string of the molecule is CNC[C@H]1Oc2cc(C#Cc3ccncc3)ccc2S(=O)(=O)N([C@@H](C)CO)C[C@@H]1C. The molecule has 0 fully saturated rings. The molecule has 1 aromatic heterocycles. The topological polar surface area (TPSA) is 91.8 Å². The van der Waals surface area contributed by atoms with Crippen molar-refractivity contribution in [3.63, 3.8) is 0 Å². The Morgan fingerprint density at radius 1 is 1.27 bits per heavy atom. The molecule has 0 saturated heterocycles. The number of likely N-dealkylation sites (N-methyl/N-ethyl adjacent to an activating group) is 1. The number of nitrogens with one attached hydrogen (secondary N) is 1. The standard InChI is InChI=1S/C22H27N3O4S/c1-16-14-25(17(2)15-26)30(27,28)22-7-6-19(5-4-18-8-10-24-11-9-18)12-20(22)29-21(16)13-23-3/h6-12,16-17,21,23,26H,13-15H2,1-3H3/t16-,17-,21+/m0/s1. The van der Waals surface area contributed by atoms with Crippen LogP contribution in [0.15, 0.2) is 47.6 Å². The summed E-state index contributed by atoms with van der Waals surface area (Å²) in [7, 11) is -2.01. The van der Waals surface area contributed by atoms with Gasteiger partial charge in [-0.2, -0.15) is 4.31 Å². The van der Waals surface area contributed by atoms with E-state index in [4.69, 9.17) is 4.74 Å². The highest BCUT2D eigenvalue weighted by Crippen LogP contribution is 2.33. The van der Waals surface area contributed by atoms with Gasteiger partial charge in [-0.3, -0.25) is 4.98 Å². The smallest absolute Gasteiger partial charge is 0.247 e. The molecular weight excluding hydrogens is 402 g/mol. The minimum Gasteiger partial charge on any atom is -0.487 e. The van der Waals surface area contributed by atoms with Crippen molar-refractivity contribution in [3.8, 4) is 17.6 Å². The van der Waals surface area contributed by atoms with Gasteiger partial charge in [-0.25, -0.2) is 8.42 Å². The summed E-state index contributed by atoms with van der Waals surface area (Å²) in [6.45, 7) is 4.23. The van der Waals surface area contributed by atoms with Crippen molar-refractivity contribution in [3.05, 3.63) is 53.9 Å². The van der Waals surface area contributed by atoms with Crippen molar-refractivity contribution in [2.24, 2.45) is 5.92 Å². The molecule has 0 aliphatic carbocycles. The number of nitrogens with zero attached hydrogens (tertiary/aromatic N) is 2. The molecule has 0 bridgehead atoms. The van der Waals surface area contributed by atoms with E-state index in [9.17, 15) is 13.5 Å². The van der Waals surface area contributed by atoms with E-state index in [-0.39, 0.29) is 35.8 Å². The average Bonchev–Trinajstić information content (AvgIpc) is 2.75. The van der Waals surface area contributed by atoms with Crippen LogP contribution in [0.4, 0.5) is 0 Å². The molecule has 2 heterocycles. The number of aliphatic hydroxyl groups excluding tert-OH is 1. The summed E-state index contributed by atoms with van der Waals surface area (Å²) in [6.07, 6.45) is 3.10. The highest BCUT2D eigenvalue weighted by molar-refractivity contribution is 7.89. The Labute approximate surface area is 178 Å². The van der Waals surface area contributed by atoms with Crippen LogP contribution >= 0.6 is 0 Å². The summed E-state index contributed by atoms with van der Waals surface area (Å²) in [4.78, 5) is 4.06. The van der Waals surface area contributed by atoms with Gasteiger partial charge in [0.05, 0.1) is 6.61 Å². The Hall–Kier alpha value is -2.44. The first-order valence-corrected chi connectivity index (χ1v) is 11.3. The number of hydrogen-bond donors (Lipinski definition) is 2. The van der Waals surface area contributed by atoms with Crippen molar-refractivity contribution in [2.45, 2.75) is 30.9 Å². The lowest BCUT2D eigenvalue weighted by Gasteiger charge is -2.36. The number of hydrogen-bond acceptors (Lipinski definition) is 6. The number of aromatic nitrogens is 1. The number of fused-ring (bicyclic) bond motifs is 1. The third kappa shape index (κ3) is 4.82. The summed E-state index contributed by atoms with van der Waals surface area (Å²) in [5.41, 5.74) is 1.47. The Bertz CT molecular complexity index is 1030. The van der Waals surface area contributed by atoms with Crippen molar-refractivity contribution < 1.29 is 18.3 Å². The molecule has 7 nitrogen and oxygen atoms in total. The van der Waals surface area contributed by atoms with E-state index in [0.717, 1.165) is 5.56 Å². The zero-order valence-electron chi connectivity index (χ0n) is 17.4. The maximum absolute atomic E-state index is 13.4. The molecule has 2 aromatic rings. The van der Waals surface area contributed by atoms with Crippen LogP contribution in [0.3, 0.4) is 0 Å². The fourth-order valence-electron chi connectivity index (χ4n) is 3.33. The Balaban J connectivity index is 2.07. The first kappa shape index (κ1) is 22.2. The number of rotatable bonds is 4. The van der Waals surface area contributed by atoms with Crippen LogP contribution in [-0.2, 0) is 10.0 Å². The van der Waals surface area contributed by atoms with Gasteiger partial charge in [0.2, 0.25) is 10.0 Å². The Kier molecular flexibility index (Phi) is 7.10. The van der Waals surface area contributed by atoms with Crippen LogP contribution in [0.2, 0.25) is 0 Å². The number of sulfonamides is 1. The second kappa shape index (κ2) is 9.58. The molecule has 0 amide bonds. The molecule has 0 unspecified atom stereocenters. The van der Waals surface area contributed by atoms with Gasteiger partial charge >= 0.3 is 0 Å². The summed E-state index contributed by atoms with van der Waals surface area (Å²) < 4.78 is 34.2. The van der Waals surface area contributed by atoms with E-state index in [0.29, 0.717) is 12.1 Å². The lowest BCUT2D eigenvalue weighted by molar-refractivity contribution is 0.103. The maximum Gasteiger partial charge on any atom is 0.247 e. The Morgan fingerprint density at radius 2 is 1.97 bits per heavy atom. The highest BCUT2D eigenvalue weighted by Gasteiger charge is 2.37. The predicted octanol–water partition coefficient (Wildman–Crippen LogP) is 1.47. The molecule has 1 aliphatic rings. The third-order valence-electron chi connectivity index (χ3n) is 5.10. The molecule has 0 radical (unpaired) electrons. The highest BCUT2D eigenvalue weighted by atomic mass is 32.2. The first-order valence-electron chi connectivity index (χ1n) is 9.87. The van der Waals surface area contributed by atoms with Crippen LogP contribution in [0.25, 0.3) is 0 Å². The van der Waals surface area contributed by atoms with Gasteiger partial charge in [0.25, 0.3) is 0 Å². The third-order valence-corrected chi connectivity index (χ3v) is 7.12. The molecule has 2 N–H and O–H groups in total. The zero-order chi connectivity index (χ0) is 21.7. The monoisotopic (exact) mass is 429 g/mol. The predicted molar refractivity (Wildman–Crippen MR) is 115 cm³/mol. The second-order valence-electron chi connectivity index (χ2n) is 7.44. The van der Waals surface area contributed by atoms with Gasteiger partial charge < -0.3 is 15.2 Å². The molecular formula is C22H27N3O4S. The van der Waals surface area contributed by atoms with Crippen LogP contribution in [-0.4, -0.2) is 61.7 Å². The number of benzene rings is 1. The fraction of sp³-hybridized carbons (Fsp3) is 0.409. The summed E-state index contributed by atoms with van der Waals surface area (Å²) >= 11 is 0. The first-order chi connectivity index (χ1) is 14.4. The number of ether oxygens (including phenoxy) is 1. The molecule has 30 heavy (non-hydrogen) atoms. The van der Waals surface area contributed by atoms with E-state index in [1.54, 1.807) is 43.6 Å². The van der Waals surface area contributed by atoms with Gasteiger partial charge in [-0.05, 0) is 44.3 Å². The van der Waals surface area contributed by atoms with E-state index in [1.165, 1.54) is 10.4 Å². The second-order valence-corrected chi connectivity index (χ2v) is 9.30. The largest absolute Gasteiger partial charge is 0.487 e. The fourth-order valence-corrected chi connectivity index (χ4v) is 5.15. The van der Waals surface area contributed by atoms with Gasteiger partial charge in [0, 0.05) is 48.6 Å². The molecule has 0 saturated carbocycles. The van der Waals surface area contributed by atoms with Crippen LogP contribution in [0, 0.1) is 17.8 Å². The van der Waals surface area contributed by atoms with E-state index in [1.807, 2.05) is 14.0 Å². The molecule has 0 spiro atoms. The summed E-state index contributed by atoms with van der Waals surface area (Å²) in [6, 6.07) is 7.95. The lowest BCUT2D eigenvalue weighted by Crippen LogP contribution is -2.49. The molecule has 1 aliphatic heterocycles. The minimum absolute atomic E-state index is 0.0825.